The largest absolute Gasteiger partial charge is 0.375 e. The quantitative estimate of drug-likeness (QED) is 0.753. The molecule has 1 aromatic carbocycles. The number of anilines is 1. The predicted molar refractivity (Wildman–Crippen MR) is 86.3 cm³/mol. The van der Waals surface area contributed by atoms with Gasteiger partial charge in [0.15, 0.2) is 0 Å². The monoisotopic (exact) mass is 328 g/mol. The van der Waals surface area contributed by atoms with Crippen molar-refractivity contribution in [3.63, 3.8) is 0 Å². The smallest absolute Gasteiger partial charge is 0.250 e. The molecule has 1 rings (SSSR count). The summed E-state index contributed by atoms with van der Waals surface area (Å²) >= 11 is 0. The summed E-state index contributed by atoms with van der Waals surface area (Å²) in [4.78, 5) is 11.6. The van der Waals surface area contributed by atoms with Gasteiger partial charge in [-0.05, 0) is 37.1 Å². The lowest BCUT2D eigenvalue weighted by molar-refractivity contribution is -0.119. The summed E-state index contributed by atoms with van der Waals surface area (Å²) in [6, 6.07) is 6.18. The molecule has 0 aliphatic heterocycles. The first kappa shape index (κ1) is 18.6. The lowest BCUT2D eigenvalue weighted by Crippen LogP contribution is -2.32. The van der Waals surface area contributed by atoms with Gasteiger partial charge in [0.05, 0.1) is 4.90 Å². The highest BCUT2D eigenvalue weighted by Crippen LogP contribution is 2.19. The number of carbonyl (C=O) groups is 1. The fourth-order valence-electron chi connectivity index (χ4n) is 2.04. The molecule has 1 N–H and O–H groups in total. The van der Waals surface area contributed by atoms with Crippen molar-refractivity contribution in [2.24, 2.45) is 0 Å². The van der Waals surface area contributed by atoms with E-state index in [9.17, 15) is 13.2 Å². The van der Waals surface area contributed by atoms with Gasteiger partial charge in [0.1, 0.15) is 6.61 Å². The van der Waals surface area contributed by atoms with E-state index in [4.69, 9.17) is 4.74 Å². The van der Waals surface area contributed by atoms with Crippen molar-refractivity contribution in [2.45, 2.75) is 31.6 Å². The van der Waals surface area contributed by atoms with Crippen LogP contribution in [-0.4, -0.2) is 45.4 Å². The summed E-state index contributed by atoms with van der Waals surface area (Å²) in [5, 5.41) is 2.63. The summed E-state index contributed by atoms with van der Waals surface area (Å²) in [5.41, 5.74) is 0.540. The summed E-state index contributed by atoms with van der Waals surface area (Å²) in [5.74, 6) is -0.281. The molecule has 6 nitrogen and oxygen atoms in total. The normalized spacial score (nSPS) is 11.6. The van der Waals surface area contributed by atoms with E-state index in [1.807, 2.05) is 13.8 Å². The van der Waals surface area contributed by atoms with Crippen molar-refractivity contribution in [1.29, 1.82) is 0 Å². The predicted octanol–water partition coefficient (Wildman–Crippen LogP) is 2.08. The Morgan fingerprint density at radius 1 is 1.14 bits per heavy atom. The van der Waals surface area contributed by atoms with E-state index in [2.05, 4.69) is 5.32 Å². The molecule has 0 aromatic heterocycles. The SMILES string of the molecule is CCCN(CCC)S(=O)(=O)c1ccc(NC(=O)COC)cc1. The molecule has 0 spiro atoms. The lowest BCUT2D eigenvalue weighted by Gasteiger charge is -2.21. The zero-order valence-electron chi connectivity index (χ0n) is 13.3. The van der Waals surface area contributed by atoms with E-state index in [0.717, 1.165) is 12.8 Å². The number of rotatable bonds is 9. The maximum absolute atomic E-state index is 12.6. The van der Waals surface area contributed by atoms with Crippen LogP contribution >= 0.6 is 0 Å². The molecule has 0 saturated carbocycles. The molecule has 0 radical (unpaired) electrons. The minimum Gasteiger partial charge on any atom is -0.375 e. The van der Waals surface area contributed by atoms with Crippen LogP contribution in [0.15, 0.2) is 29.2 Å². The van der Waals surface area contributed by atoms with E-state index in [0.29, 0.717) is 18.8 Å². The van der Waals surface area contributed by atoms with Crippen molar-refractivity contribution < 1.29 is 17.9 Å². The zero-order chi connectivity index (χ0) is 16.6. The first-order chi connectivity index (χ1) is 10.5. The van der Waals surface area contributed by atoms with E-state index in [1.165, 1.54) is 23.5 Å². The Hall–Kier alpha value is -1.44. The van der Waals surface area contributed by atoms with Crippen LogP contribution in [0.1, 0.15) is 26.7 Å². The number of nitrogens with one attached hydrogen (secondary N) is 1. The van der Waals surface area contributed by atoms with Crippen LogP contribution in [0, 0.1) is 0 Å². The standard InChI is InChI=1S/C15H24N2O4S/c1-4-10-17(11-5-2)22(19,20)14-8-6-13(7-9-14)16-15(18)12-21-3/h6-9H,4-5,10-12H2,1-3H3,(H,16,18). The minimum absolute atomic E-state index is 0.0408. The molecule has 0 atom stereocenters. The van der Waals surface area contributed by atoms with Crippen LogP contribution in [0.5, 0.6) is 0 Å². The van der Waals surface area contributed by atoms with Gasteiger partial charge in [-0.2, -0.15) is 4.31 Å². The highest BCUT2D eigenvalue weighted by Gasteiger charge is 2.22. The topological polar surface area (TPSA) is 75.7 Å². The van der Waals surface area contributed by atoms with Crippen LogP contribution in [0.25, 0.3) is 0 Å². The number of hydrogen-bond acceptors (Lipinski definition) is 4. The summed E-state index contributed by atoms with van der Waals surface area (Å²) in [6.45, 7) is 4.87. The van der Waals surface area contributed by atoms with Gasteiger partial charge < -0.3 is 10.1 Å². The number of nitrogens with zero attached hydrogens (tertiary/aromatic N) is 1. The molecule has 0 heterocycles. The molecular weight excluding hydrogens is 304 g/mol. The van der Waals surface area contributed by atoms with E-state index in [1.54, 1.807) is 12.1 Å². The van der Waals surface area contributed by atoms with Gasteiger partial charge in [-0.1, -0.05) is 13.8 Å². The Morgan fingerprint density at radius 2 is 1.68 bits per heavy atom. The Balaban J connectivity index is 2.89. The Labute approximate surface area is 132 Å². The van der Waals surface area contributed by atoms with Crippen LogP contribution in [0.3, 0.4) is 0 Å². The molecule has 124 valence electrons. The average molecular weight is 328 g/mol. The molecule has 1 amide bonds. The molecule has 0 saturated heterocycles. The van der Waals surface area contributed by atoms with E-state index < -0.39 is 10.0 Å². The Bertz CT molecular complexity index is 564. The third kappa shape index (κ3) is 5.08. The van der Waals surface area contributed by atoms with Gasteiger partial charge in [0.2, 0.25) is 15.9 Å². The minimum atomic E-state index is -3.48. The number of ether oxygens (including phenoxy) is 1. The van der Waals surface area contributed by atoms with Crippen LogP contribution in [0.2, 0.25) is 0 Å². The van der Waals surface area contributed by atoms with Crippen molar-refractivity contribution in [2.75, 3.05) is 32.1 Å². The van der Waals surface area contributed by atoms with Crippen molar-refractivity contribution in [3.8, 4) is 0 Å². The highest BCUT2D eigenvalue weighted by molar-refractivity contribution is 7.89. The van der Waals surface area contributed by atoms with Gasteiger partial charge in [-0.15, -0.1) is 0 Å². The van der Waals surface area contributed by atoms with Gasteiger partial charge in [0.25, 0.3) is 0 Å². The van der Waals surface area contributed by atoms with Crippen LogP contribution in [0.4, 0.5) is 5.69 Å². The number of carbonyl (C=O) groups excluding carboxylic acids is 1. The van der Waals surface area contributed by atoms with E-state index in [-0.39, 0.29) is 17.4 Å². The molecule has 0 fully saturated rings. The third-order valence-corrected chi connectivity index (χ3v) is 4.91. The maximum atomic E-state index is 12.6. The molecule has 0 aliphatic rings. The van der Waals surface area contributed by atoms with Crippen LogP contribution < -0.4 is 5.32 Å². The van der Waals surface area contributed by atoms with Gasteiger partial charge >= 0.3 is 0 Å². The fraction of sp³-hybridized carbons (Fsp3) is 0.533. The van der Waals surface area contributed by atoms with Gasteiger partial charge in [-0.25, -0.2) is 8.42 Å². The second-order valence-corrected chi connectivity index (χ2v) is 6.85. The number of methoxy groups -OCH3 is 1. The van der Waals surface area contributed by atoms with Gasteiger partial charge in [-0.3, -0.25) is 4.79 Å². The molecule has 0 bridgehead atoms. The number of benzene rings is 1. The summed E-state index contributed by atoms with van der Waals surface area (Å²) in [7, 11) is -2.05. The molecule has 7 heteroatoms. The molecule has 22 heavy (non-hydrogen) atoms. The van der Waals surface area contributed by atoms with Crippen molar-refractivity contribution in [1.82, 2.24) is 4.31 Å². The molecule has 1 aromatic rings. The second-order valence-electron chi connectivity index (χ2n) is 4.91. The summed E-state index contributed by atoms with van der Waals surface area (Å²) < 4.78 is 31.3. The Kier molecular flexibility index (Phi) is 7.50. The number of sulfonamides is 1. The Morgan fingerprint density at radius 3 is 2.14 bits per heavy atom. The van der Waals surface area contributed by atoms with Crippen LogP contribution in [-0.2, 0) is 19.6 Å². The van der Waals surface area contributed by atoms with Gasteiger partial charge in [0, 0.05) is 25.9 Å². The molecule has 0 unspecified atom stereocenters. The maximum Gasteiger partial charge on any atom is 0.250 e. The lowest BCUT2D eigenvalue weighted by atomic mass is 10.3. The number of amides is 1. The fourth-order valence-corrected chi connectivity index (χ4v) is 3.66. The zero-order valence-corrected chi connectivity index (χ0v) is 14.1. The third-order valence-electron chi connectivity index (χ3n) is 3.00. The average Bonchev–Trinajstić information content (AvgIpc) is 2.48. The highest BCUT2D eigenvalue weighted by atomic mass is 32.2. The number of hydrogen-bond donors (Lipinski definition) is 1. The van der Waals surface area contributed by atoms with Crippen molar-refractivity contribution in [3.05, 3.63) is 24.3 Å². The molecule has 0 aliphatic carbocycles. The first-order valence-electron chi connectivity index (χ1n) is 7.34. The summed E-state index contributed by atoms with van der Waals surface area (Å²) in [6.07, 6.45) is 1.54. The second kappa shape index (κ2) is 8.87. The first-order valence-corrected chi connectivity index (χ1v) is 8.78. The van der Waals surface area contributed by atoms with Crippen molar-refractivity contribution >= 4 is 21.6 Å². The van der Waals surface area contributed by atoms with E-state index >= 15 is 0 Å². The molecular formula is C15H24N2O4S.